The normalized spacial score (nSPS) is 22.1. The van der Waals surface area contributed by atoms with Crippen LogP contribution in [0.1, 0.15) is 12.8 Å². The van der Waals surface area contributed by atoms with Crippen LogP contribution in [0.25, 0.3) is 0 Å². The third kappa shape index (κ3) is 2.94. The van der Waals surface area contributed by atoms with Crippen LogP contribution in [0.5, 0.6) is 0 Å². The molecule has 1 heterocycles. The average molecular weight is 202 g/mol. The van der Waals surface area contributed by atoms with E-state index in [-0.39, 0.29) is 12.6 Å². The quantitative estimate of drug-likeness (QED) is 0.643. The standard InChI is InChI=1S/C9H18N2O3/c1-14-6-8(9(12)13)11-4-2-7(10)3-5-11/h7-8H,2-6,10H2,1H3,(H,12,13). The summed E-state index contributed by atoms with van der Waals surface area (Å²) in [4.78, 5) is 12.8. The third-order valence-corrected chi connectivity index (χ3v) is 2.62. The number of carboxylic acids is 1. The van der Waals surface area contributed by atoms with Gasteiger partial charge in [-0.15, -0.1) is 0 Å². The number of nitrogens with two attached hydrogens (primary N) is 1. The van der Waals surface area contributed by atoms with Crippen LogP contribution >= 0.6 is 0 Å². The zero-order chi connectivity index (χ0) is 10.6. The van der Waals surface area contributed by atoms with Gasteiger partial charge >= 0.3 is 5.97 Å². The fraction of sp³-hybridized carbons (Fsp3) is 0.889. The molecule has 0 radical (unpaired) electrons. The van der Waals surface area contributed by atoms with Gasteiger partial charge in [-0.3, -0.25) is 9.69 Å². The zero-order valence-electron chi connectivity index (χ0n) is 8.48. The van der Waals surface area contributed by atoms with Crippen molar-refractivity contribution in [2.75, 3.05) is 26.8 Å². The van der Waals surface area contributed by atoms with E-state index >= 15 is 0 Å². The van der Waals surface area contributed by atoms with Crippen molar-refractivity contribution in [1.29, 1.82) is 0 Å². The molecule has 0 spiro atoms. The summed E-state index contributed by atoms with van der Waals surface area (Å²) in [5.41, 5.74) is 5.74. The highest BCUT2D eigenvalue weighted by molar-refractivity contribution is 5.73. The molecular formula is C9H18N2O3. The van der Waals surface area contributed by atoms with E-state index in [2.05, 4.69) is 0 Å². The van der Waals surface area contributed by atoms with E-state index < -0.39 is 12.0 Å². The number of aliphatic carboxylic acids is 1. The molecule has 1 aliphatic heterocycles. The predicted molar refractivity (Wildman–Crippen MR) is 52.1 cm³/mol. The van der Waals surface area contributed by atoms with E-state index in [1.807, 2.05) is 4.90 Å². The second kappa shape index (κ2) is 5.29. The molecule has 5 heteroatoms. The van der Waals surface area contributed by atoms with Crippen LogP contribution in [-0.4, -0.2) is 54.9 Å². The first kappa shape index (κ1) is 11.4. The van der Waals surface area contributed by atoms with E-state index in [0.717, 1.165) is 25.9 Å². The summed E-state index contributed by atoms with van der Waals surface area (Å²) in [5.74, 6) is -0.817. The molecule has 1 unspecified atom stereocenters. The van der Waals surface area contributed by atoms with E-state index in [9.17, 15) is 4.79 Å². The molecule has 0 saturated carbocycles. The molecule has 0 bridgehead atoms. The first-order chi connectivity index (χ1) is 6.65. The molecule has 1 atom stereocenters. The van der Waals surface area contributed by atoms with Gasteiger partial charge in [-0.1, -0.05) is 0 Å². The topological polar surface area (TPSA) is 75.8 Å². The van der Waals surface area contributed by atoms with E-state index in [0.29, 0.717) is 0 Å². The number of likely N-dealkylation sites (tertiary alicyclic amines) is 1. The van der Waals surface area contributed by atoms with Gasteiger partial charge in [0.1, 0.15) is 6.04 Å². The largest absolute Gasteiger partial charge is 0.480 e. The van der Waals surface area contributed by atoms with Gasteiger partial charge in [0.05, 0.1) is 6.61 Å². The van der Waals surface area contributed by atoms with Gasteiger partial charge in [-0.05, 0) is 12.8 Å². The van der Waals surface area contributed by atoms with Crippen LogP contribution in [0.3, 0.4) is 0 Å². The average Bonchev–Trinajstić information content (AvgIpc) is 2.15. The van der Waals surface area contributed by atoms with Crippen molar-refractivity contribution < 1.29 is 14.6 Å². The van der Waals surface area contributed by atoms with Crippen LogP contribution in [0.15, 0.2) is 0 Å². The Kier molecular flexibility index (Phi) is 4.31. The van der Waals surface area contributed by atoms with Crippen molar-refractivity contribution >= 4 is 5.97 Å². The number of ether oxygens (including phenoxy) is 1. The Bertz CT molecular complexity index is 190. The maximum Gasteiger partial charge on any atom is 0.323 e. The molecule has 1 aliphatic rings. The second-order valence-electron chi connectivity index (χ2n) is 3.68. The molecule has 0 aromatic rings. The Hall–Kier alpha value is -0.650. The maximum atomic E-state index is 10.9. The Morgan fingerprint density at radius 1 is 1.64 bits per heavy atom. The number of rotatable bonds is 4. The van der Waals surface area contributed by atoms with Crippen LogP contribution in [-0.2, 0) is 9.53 Å². The number of hydrogen-bond donors (Lipinski definition) is 2. The molecule has 14 heavy (non-hydrogen) atoms. The van der Waals surface area contributed by atoms with Crippen molar-refractivity contribution in [2.45, 2.75) is 24.9 Å². The van der Waals surface area contributed by atoms with Crippen molar-refractivity contribution in [1.82, 2.24) is 4.90 Å². The van der Waals surface area contributed by atoms with Gasteiger partial charge in [-0.25, -0.2) is 0 Å². The number of hydrogen-bond acceptors (Lipinski definition) is 4. The lowest BCUT2D eigenvalue weighted by molar-refractivity contribution is -0.145. The maximum absolute atomic E-state index is 10.9. The number of methoxy groups -OCH3 is 1. The van der Waals surface area contributed by atoms with Gasteiger partial charge in [0.25, 0.3) is 0 Å². The van der Waals surface area contributed by atoms with Crippen LogP contribution in [0, 0.1) is 0 Å². The number of nitrogens with zero attached hydrogens (tertiary/aromatic N) is 1. The first-order valence-corrected chi connectivity index (χ1v) is 4.86. The molecule has 0 amide bonds. The first-order valence-electron chi connectivity index (χ1n) is 4.86. The summed E-state index contributed by atoms with van der Waals surface area (Å²) in [5, 5.41) is 8.97. The summed E-state index contributed by atoms with van der Waals surface area (Å²) >= 11 is 0. The Balaban J connectivity index is 2.47. The molecule has 82 valence electrons. The molecule has 1 saturated heterocycles. The minimum atomic E-state index is -0.817. The lowest BCUT2D eigenvalue weighted by atomic mass is 10.0. The van der Waals surface area contributed by atoms with Crippen LogP contribution in [0.2, 0.25) is 0 Å². The van der Waals surface area contributed by atoms with Crippen molar-refractivity contribution in [3.8, 4) is 0 Å². The Labute approximate surface area is 83.8 Å². The molecule has 0 aromatic carbocycles. The van der Waals surface area contributed by atoms with Crippen LogP contribution < -0.4 is 5.73 Å². The van der Waals surface area contributed by atoms with E-state index in [1.54, 1.807) is 0 Å². The van der Waals surface area contributed by atoms with E-state index in [4.69, 9.17) is 15.6 Å². The second-order valence-corrected chi connectivity index (χ2v) is 3.68. The molecule has 1 rings (SSSR count). The van der Waals surface area contributed by atoms with Gasteiger partial charge in [-0.2, -0.15) is 0 Å². The molecule has 5 nitrogen and oxygen atoms in total. The summed E-state index contributed by atoms with van der Waals surface area (Å²) in [6.45, 7) is 1.74. The number of carbonyl (C=O) groups is 1. The van der Waals surface area contributed by atoms with Crippen molar-refractivity contribution in [2.24, 2.45) is 5.73 Å². The molecule has 0 aromatic heterocycles. The molecule has 1 fully saturated rings. The smallest absolute Gasteiger partial charge is 0.323 e. The van der Waals surface area contributed by atoms with Crippen molar-refractivity contribution in [3.63, 3.8) is 0 Å². The molecular weight excluding hydrogens is 184 g/mol. The number of carboxylic acid groups (broad SMARTS) is 1. The fourth-order valence-electron chi connectivity index (χ4n) is 1.72. The van der Waals surface area contributed by atoms with Gasteiger partial charge < -0.3 is 15.6 Å². The summed E-state index contributed by atoms with van der Waals surface area (Å²) < 4.78 is 4.89. The minimum absolute atomic E-state index is 0.225. The summed E-state index contributed by atoms with van der Waals surface area (Å²) in [6.07, 6.45) is 1.74. The lowest BCUT2D eigenvalue weighted by Crippen LogP contribution is -2.50. The Morgan fingerprint density at radius 2 is 2.21 bits per heavy atom. The zero-order valence-corrected chi connectivity index (χ0v) is 8.48. The summed E-state index contributed by atoms with van der Waals surface area (Å²) in [6, 6.07) is -0.296. The highest BCUT2D eigenvalue weighted by Gasteiger charge is 2.28. The van der Waals surface area contributed by atoms with Gasteiger partial charge in [0.15, 0.2) is 0 Å². The van der Waals surface area contributed by atoms with Gasteiger partial charge in [0.2, 0.25) is 0 Å². The number of piperidine rings is 1. The highest BCUT2D eigenvalue weighted by Crippen LogP contribution is 2.12. The SMILES string of the molecule is COCC(C(=O)O)N1CCC(N)CC1. The monoisotopic (exact) mass is 202 g/mol. The summed E-state index contributed by atoms with van der Waals surface area (Å²) in [7, 11) is 1.52. The molecule has 0 aliphatic carbocycles. The molecule has 3 N–H and O–H groups in total. The predicted octanol–water partition coefficient (Wildman–Crippen LogP) is -0.491. The van der Waals surface area contributed by atoms with Crippen LogP contribution in [0.4, 0.5) is 0 Å². The Morgan fingerprint density at radius 3 is 2.64 bits per heavy atom. The highest BCUT2D eigenvalue weighted by atomic mass is 16.5. The van der Waals surface area contributed by atoms with E-state index in [1.165, 1.54) is 7.11 Å². The third-order valence-electron chi connectivity index (χ3n) is 2.62. The van der Waals surface area contributed by atoms with Crippen molar-refractivity contribution in [3.05, 3.63) is 0 Å². The fourth-order valence-corrected chi connectivity index (χ4v) is 1.72. The lowest BCUT2D eigenvalue weighted by Gasteiger charge is -2.33. The van der Waals surface area contributed by atoms with Gasteiger partial charge in [0, 0.05) is 26.2 Å². The minimum Gasteiger partial charge on any atom is -0.480 e.